The zero-order valence-corrected chi connectivity index (χ0v) is 17.3. The van der Waals surface area contributed by atoms with Gasteiger partial charge in [-0.25, -0.2) is 9.97 Å². The molecule has 0 saturated carbocycles. The monoisotopic (exact) mass is 409 g/mol. The Labute approximate surface area is 172 Å². The Morgan fingerprint density at radius 2 is 1.90 bits per heavy atom. The van der Waals surface area contributed by atoms with Gasteiger partial charge in [0, 0.05) is 21.5 Å². The average molecular weight is 410 g/mol. The minimum atomic E-state index is -1.11. The van der Waals surface area contributed by atoms with E-state index in [0.29, 0.717) is 16.6 Å². The summed E-state index contributed by atoms with van der Waals surface area (Å²) < 4.78 is 7.37. The average Bonchev–Trinajstić information content (AvgIpc) is 2.98. The number of nitrogens with zero attached hydrogens (tertiary/aromatic N) is 3. The lowest BCUT2D eigenvalue weighted by atomic mass is 9.83. The molecule has 0 unspecified atom stereocenters. The van der Waals surface area contributed by atoms with Gasteiger partial charge in [0.15, 0.2) is 0 Å². The molecule has 0 aliphatic rings. The highest BCUT2D eigenvalue weighted by Crippen LogP contribution is 2.39. The number of carboxylic acids is 1. The normalized spacial score (nSPS) is 11.9. The molecule has 0 fully saturated rings. The number of carboxylic acid groups (broad SMARTS) is 1. The summed E-state index contributed by atoms with van der Waals surface area (Å²) in [7, 11) is 1.59. The lowest BCUT2D eigenvalue weighted by Gasteiger charge is -2.20. The van der Waals surface area contributed by atoms with Crippen LogP contribution < -0.4 is 4.74 Å². The van der Waals surface area contributed by atoms with Crippen molar-refractivity contribution in [2.24, 2.45) is 0 Å². The molecule has 0 aliphatic heterocycles. The van der Waals surface area contributed by atoms with Crippen LogP contribution >= 0.6 is 11.6 Å². The Kier molecular flexibility index (Phi) is 4.46. The molecular formula is C22H20ClN3O3. The fraction of sp³-hybridized carbons (Fsp3) is 0.227. The Bertz CT molecular complexity index is 1280. The van der Waals surface area contributed by atoms with Crippen molar-refractivity contribution < 1.29 is 14.6 Å². The number of hydrogen-bond donors (Lipinski definition) is 1. The summed E-state index contributed by atoms with van der Waals surface area (Å²) in [6.07, 6.45) is 1.49. The van der Waals surface area contributed by atoms with Gasteiger partial charge in [-0.2, -0.15) is 0 Å². The van der Waals surface area contributed by atoms with Crippen LogP contribution in [0.15, 0.2) is 42.7 Å². The van der Waals surface area contributed by atoms with Crippen molar-refractivity contribution >= 4 is 39.4 Å². The molecule has 2 aromatic heterocycles. The van der Waals surface area contributed by atoms with Gasteiger partial charge >= 0.3 is 5.97 Å². The van der Waals surface area contributed by atoms with Crippen LogP contribution in [-0.4, -0.2) is 32.7 Å². The van der Waals surface area contributed by atoms with E-state index in [9.17, 15) is 9.90 Å². The largest absolute Gasteiger partial charge is 0.497 e. The van der Waals surface area contributed by atoms with Gasteiger partial charge in [-0.15, -0.1) is 0 Å². The number of ether oxygens (including phenoxy) is 1. The van der Waals surface area contributed by atoms with Gasteiger partial charge in [0.2, 0.25) is 0 Å². The van der Waals surface area contributed by atoms with Gasteiger partial charge in [-0.3, -0.25) is 9.36 Å². The van der Waals surface area contributed by atoms with E-state index < -0.39 is 11.4 Å². The Morgan fingerprint density at radius 1 is 1.14 bits per heavy atom. The van der Waals surface area contributed by atoms with Crippen LogP contribution in [0, 0.1) is 6.92 Å². The van der Waals surface area contributed by atoms with Crippen LogP contribution in [-0.2, 0) is 10.2 Å². The molecule has 6 nitrogen and oxygen atoms in total. The topological polar surface area (TPSA) is 77.2 Å². The minimum Gasteiger partial charge on any atom is -0.497 e. The number of aromatic nitrogens is 3. The number of fused-ring (bicyclic) bond motifs is 2. The van der Waals surface area contributed by atoms with Crippen molar-refractivity contribution in [3.05, 3.63) is 59.0 Å². The zero-order chi connectivity index (χ0) is 20.9. The van der Waals surface area contributed by atoms with E-state index in [0.717, 1.165) is 33.1 Å². The maximum absolute atomic E-state index is 12.1. The van der Waals surface area contributed by atoms with Crippen molar-refractivity contribution in [2.75, 3.05) is 7.11 Å². The van der Waals surface area contributed by atoms with E-state index in [1.165, 1.54) is 6.33 Å². The highest BCUT2D eigenvalue weighted by molar-refractivity contribution is 6.31. The summed E-state index contributed by atoms with van der Waals surface area (Å²) in [5.74, 6) is 0.435. The number of hydrogen-bond acceptors (Lipinski definition) is 4. The maximum Gasteiger partial charge on any atom is 0.313 e. The molecule has 29 heavy (non-hydrogen) atoms. The number of methoxy groups -OCH3 is 1. The van der Waals surface area contributed by atoms with Gasteiger partial charge in [0.1, 0.15) is 17.9 Å². The van der Waals surface area contributed by atoms with E-state index in [1.807, 2.05) is 35.8 Å². The number of carbonyl (C=O) groups is 1. The van der Waals surface area contributed by atoms with Crippen LogP contribution in [0.1, 0.15) is 25.1 Å². The first kappa shape index (κ1) is 19.2. The molecule has 7 heteroatoms. The van der Waals surface area contributed by atoms with Gasteiger partial charge in [0.05, 0.1) is 23.6 Å². The Morgan fingerprint density at radius 3 is 2.59 bits per heavy atom. The Balaban J connectivity index is 2.15. The fourth-order valence-corrected chi connectivity index (χ4v) is 4.05. The van der Waals surface area contributed by atoms with Crippen molar-refractivity contribution in [1.29, 1.82) is 0 Å². The van der Waals surface area contributed by atoms with Crippen LogP contribution in [0.4, 0.5) is 0 Å². The van der Waals surface area contributed by atoms with Gasteiger partial charge in [0.25, 0.3) is 0 Å². The summed E-state index contributed by atoms with van der Waals surface area (Å²) in [6, 6.07) is 11.1. The van der Waals surface area contributed by atoms with E-state index in [2.05, 4.69) is 9.97 Å². The lowest BCUT2D eigenvalue weighted by Crippen LogP contribution is -2.29. The molecule has 2 heterocycles. The predicted octanol–water partition coefficient (Wildman–Crippen LogP) is 4.91. The van der Waals surface area contributed by atoms with Crippen molar-refractivity contribution in [3.63, 3.8) is 0 Å². The number of benzene rings is 2. The number of rotatable bonds is 4. The highest BCUT2D eigenvalue weighted by atomic mass is 35.5. The quantitative estimate of drug-likeness (QED) is 0.518. The van der Waals surface area contributed by atoms with Crippen LogP contribution in [0.25, 0.3) is 27.6 Å². The van der Waals surface area contributed by atoms with E-state index >= 15 is 0 Å². The first-order valence-corrected chi connectivity index (χ1v) is 9.47. The van der Waals surface area contributed by atoms with Crippen LogP contribution in [0.5, 0.6) is 5.75 Å². The summed E-state index contributed by atoms with van der Waals surface area (Å²) in [6.45, 7) is 5.33. The standard InChI is InChI=1S/C22H20ClN3O3/c1-12-19(22(2,3)21(27)28)16-10-14(29-4)6-8-18(16)26(12)20-15-7-5-13(23)9-17(15)24-11-25-20/h5-11H,1-4H3,(H,27,28). The zero-order valence-electron chi connectivity index (χ0n) is 16.5. The third kappa shape index (κ3) is 2.91. The van der Waals surface area contributed by atoms with Crippen LogP contribution in [0.2, 0.25) is 5.02 Å². The lowest BCUT2D eigenvalue weighted by molar-refractivity contribution is -0.142. The molecule has 0 saturated heterocycles. The summed E-state index contributed by atoms with van der Waals surface area (Å²) in [5, 5.41) is 12.1. The molecule has 0 aliphatic carbocycles. The number of halogens is 1. The van der Waals surface area contributed by atoms with Crippen molar-refractivity contribution in [1.82, 2.24) is 14.5 Å². The van der Waals surface area contributed by atoms with Crippen LogP contribution in [0.3, 0.4) is 0 Å². The van der Waals surface area contributed by atoms with E-state index in [-0.39, 0.29) is 0 Å². The first-order chi connectivity index (χ1) is 13.8. The Hall–Kier alpha value is -3.12. The summed E-state index contributed by atoms with van der Waals surface area (Å²) in [4.78, 5) is 20.9. The van der Waals surface area contributed by atoms with Crippen molar-refractivity contribution in [2.45, 2.75) is 26.2 Å². The van der Waals surface area contributed by atoms with Gasteiger partial charge < -0.3 is 9.84 Å². The molecule has 2 aromatic carbocycles. The SMILES string of the molecule is COc1ccc2c(c1)c(C(C)(C)C(=O)O)c(C)n2-c1ncnc2cc(Cl)ccc12. The molecule has 0 spiro atoms. The highest BCUT2D eigenvalue weighted by Gasteiger charge is 2.35. The molecular weight excluding hydrogens is 390 g/mol. The third-order valence-electron chi connectivity index (χ3n) is 5.36. The van der Waals surface area contributed by atoms with E-state index in [1.54, 1.807) is 33.1 Å². The fourth-order valence-electron chi connectivity index (χ4n) is 3.89. The summed E-state index contributed by atoms with van der Waals surface area (Å²) >= 11 is 6.13. The third-order valence-corrected chi connectivity index (χ3v) is 5.60. The number of aliphatic carboxylic acids is 1. The second kappa shape index (κ2) is 6.74. The molecule has 1 N–H and O–H groups in total. The van der Waals surface area contributed by atoms with Crippen molar-refractivity contribution in [3.8, 4) is 11.6 Å². The van der Waals surface area contributed by atoms with Gasteiger partial charge in [-0.1, -0.05) is 11.6 Å². The second-order valence-electron chi connectivity index (χ2n) is 7.47. The molecule has 4 aromatic rings. The first-order valence-electron chi connectivity index (χ1n) is 9.09. The predicted molar refractivity (Wildman–Crippen MR) is 113 cm³/mol. The molecule has 4 rings (SSSR count). The molecule has 148 valence electrons. The summed E-state index contributed by atoms with van der Waals surface area (Å²) in [5.41, 5.74) is 1.99. The minimum absolute atomic E-state index is 0.591. The second-order valence-corrected chi connectivity index (χ2v) is 7.90. The molecule has 0 bridgehead atoms. The van der Waals surface area contributed by atoms with E-state index in [4.69, 9.17) is 16.3 Å². The molecule has 0 amide bonds. The molecule has 0 atom stereocenters. The smallest absolute Gasteiger partial charge is 0.313 e. The molecule has 0 radical (unpaired) electrons. The van der Waals surface area contributed by atoms with Gasteiger partial charge in [-0.05, 0) is 62.7 Å². The maximum atomic E-state index is 12.1.